The molecule has 0 aliphatic rings. The maximum absolute atomic E-state index is 12.4. The summed E-state index contributed by atoms with van der Waals surface area (Å²) in [6, 6.07) is 1.42. The summed E-state index contributed by atoms with van der Waals surface area (Å²) in [5, 5.41) is 0. The van der Waals surface area contributed by atoms with E-state index in [9.17, 15) is 34.8 Å². The van der Waals surface area contributed by atoms with E-state index in [0.717, 1.165) is 0 Å². The van der Waals surface area contributed by atoms with Crippen LogP contribution >= 0.6 is 0 Å². The maximum atomic E-state index is 12.4. The van der Waals surface area contributed by atoms with Gasteiger partial charge in [-0.2, -0.15) is 26.3 Å². The van der Waals surface area contributed by atoms with Crippen molar-refractivity contribution in [3.63, 3.8) is 0 Å². The maximum Gasteiger partial charge on any atom is 0.416 e. The van der Waals surface area contributed by atoms with Crippen LogP contribution in [-0.2, 0) is 20.8 Å². The van der Waals surface area contributed by atoms with E-state index in [-0.39, 0.29) is 0 Å². The highest BCUT2D eigenvalue weighted by molar-refractivity contribution is 7.91. The van der Waals surface area contributed by atoms with Gasteiger partial charge in [0.25, 0.3) is 0 Å². The molecule has 1 rings (SSSR count). The number of sulfone groups is 1. The number of halogens is 6. The fourth-order valence-corrected chi connectivity index (χ4v) is 2.46. The average molecular weight is 337 g/mol. The minimum absolute atomic E-state index is 0.386. The van der Waals surface area contributed by atoms with Gasteiger partial charge in [-0.1, -0.05) is 0 Å². The summed E-state index contributed by atoms with van der Waals surface area (Å²) in [4.78, 5) is -0.724. The second-order valence-electron chi connectivity index (χ2n) is 3.95. The molecule has 0 radical (unpaired) electrons. The van der Waals surface area contributed by atoms with Crippen molar-refractivity contribution in [1.29, 1.82) is 0 Å². The van der Waals surface area contributed by atoms with Gasteiger partial charge in [0.05, 0.1) is 16.1 Å². The molecule has 0 fully saturated rings. The van der Waals surface area contributed by atoms with E-state index in [2.05, 4.69) is 4.74 Å². The SMILES string of the molecule is Nc1cc(C(F)(F)F)ccc1S(=O)(=O)COCC(F)(F)F. The number of ether oxygens (including phenoxy) is 1. The standard InChI is InChI=1S/C10H9F6NO3S/c11-9(12,13)4-20-5-21(18,19)8-2-1-6(3-7(8)17)10(14,15)16/h1-3H,4-5,17H2. The summed E-state index contributed by atoms with van der Waals surface area (Å²) < 4.78 is 99.9. The quantitative estimate of drug-likeness (QED) is 0.677. The number of nitrogen functional groups attached to an aromatic ring is 1. The third kappa shape index (κ3) is 5.08. The molecule has 1 aromatic rings. The molecule has 2 N–H and O–H groups in total. The van der Waals surface area contributed by atoms with Gasteiger partial charge in [-0.05, 0) is 18.2 Å². The van der Waals surface area contributed by atoms with Crippen molar-refractivity contribution in [3.05, 3.63) is 23.8 Å². The van der Waals surface area contributed by atoms with Crippen LogP contribution in [0.2, 0.25) is 0 Å². The molecule has 0 aliphatic carbocycles. The Balaban J connectivity index is 2.94. The fourth-order valence-electron chi connectivity index (χ4n) is 1.34. The van der Waals surface area contributed by atoms with Crippen LogP contribution in [0, 0.1) is 0 Å². The molecule has 0 aromatic heterocycles. The molecule has 0 heterocycles. The van der Waals surface area contributed by atoms with Gasteiger partial charge in [0.1, 0.15) is 6.61 Å². The lowest BCUT2D eigenvalue weighted by molar-refractivity contribution is -0.169. The van der Waals surface area contributed by atoms with E-state index in [1.807, 2.05) is 0 Å². The normalized spacial score (nSPS) is 13.4. The highest BCUT2D eigenvalue weighted by Gasteiger charge is 2.32. The molecule has 0 unspecified atom stereocenters. The zero-order valence-electron chi connectivity index (χ0n) is 10.1. The van der Waals surface area contributed by atoms with Crippen LogP contribution < -0.4 is 5.73 Å². The van der Waals surface area contributed by atoms with Crippen molar-refractivity contribution < 1.29 is 39.5 Å². The lowest BCUT2D eigenvalue weighted by Gasteiger charge is -2.12. The first-order valence-corrected chi connectivity index (χ1v) is 6.82. The van der Waals surface area contributed by atoms with Gasteiger partial charge in [-0.25, -0.2) is 8.42 Å². The average Bonchev–Trinajstić information content (AvgIpc) is 2.24. The van der Waals surface area contributed by atoms with Crippen LogP contribution in [0.5, 0.6) is 0 Å². The van der Waals surface area contributed by atoms with E-state index in [0.29, 0.717) is 18.2 Å². The smallest absolute Gasteiger partial charge is 0.398 e. The van der Waals surface area contributed by atoms with Gasteiger partial charge in [-0.15, -0.1) is 0 Å². The van der Waals surface area contributed by atoms with Crippen molar-refractivity contribution >= 4 is 15.5 Å². The van der Waals surface area contributed by atoms with Crippen LogP contribution in [0.15, 0.2) is 23.1 Å². The molecule has 0 amide bonds. The molecule has 21 heavy (non-hydrogen) atoms. The summed E-state index contributed by atoms with van der Waals surface area (Å²) in [6.07, 6.45) is -9.44. The highest BCUT2D eigenvalue weighted by Crippen LogP contribution is 2.32. The van der Waals surface area contributed by atoms with E-state index in [1.54, 1.807) is 0 Å². The number of anilines is 1. The van der Waals surface area contributed by atoms with Crippen LogP contribution in [0.25, 0.3) is 0 Å². The number of benzene rings is 1. The van der Waals surface area contributed by atoms with Crippen LogP contribution in [0.4, 0.5) is 32.0 Å². The summed E-state index contributed by atoms with van der Waals surface area (Å²) >= 11 is 0. The molecule has 0 spiro atoms. The van der Waals surface area contributed by atoms with Gasteiger partial charge in [-0.3, -0.25) is 0 Å². The topological polar surface area (TPSA) is 69.4 Å². The molecule has 0 bridgehead atoms. The van der Waals surface area contributed by atoms with Gasteiger partial charge < -0.3 is 10.5 Å². The predicted molar refractivity (Wildman–Crippen MR) is 59.9 cm³/mol. The van der Waals surface area contributed by atoms with Gasteiger partial charge in [0.15, 0.2) is 5.94 Å². The Morgan fingerprint density at radius 2 is 1.67 bits per heavy atom. The Morgan fingerprint density at radius 3 is 2.10 bits per heavy atom. The second kappa shape index (κ2) is 5.72. The molecule has 0 saturated carbocycles. The van der Waals surface area contributed by atoms with E-state index in [4.69, 9.17) is 5.73 Å². The predicted octanol–water partition coefficient (Wildman–Crippen LogP) is 2.60. The molecule has 0 saturated heterocycles. The summed E-state index contributed by atoms with van der Waals surface area (Å²) in [5.41, 5.74) is 3.31. The Kier molecular flexibility index (Phi) is 4.78. The Hall–Kier alpha value is -1.49. The molecule has 4 nitrogen and oxygen atoms in total. The van der Waals surface area contributed by atoms with E-state index >= 15 is 0 Å². The largest absolute Gasteiger partial charge is 0.416 e. The van der Waals surface area contributed by atoms with Crippen LogP contribution in [0.3, 0.4) is 0 Å². The van der Waals surface area contributed by atoms with Crippen molar-refractivity contribution in [1.82, 2.24) is 0 Å². The molecule has 1 aromatic carbocycles. The van der Waals surface area contributed by atoms with Gasteiger partial charge in [0.2, 0.25) is 9.84 Å². The summed E-state index contributed by atoms with van der Waals surface area (Å²) in [7, 11) is -4.39. The third-order valence-electron chi connectivity index (χ3n) is 2.18. The monoisotopic (exact) mass is 337 g/mol. The zero-order valence-corrected chi connectivity index (χ0v) is 10.9. The number of nitrogens with two attached hydrogens (primary N) is 1. The number of hydrogen-bond acceptors (Lipinski definition) is 4. The van der Waals surface area contributed by atoms with Crippen LogP contribution in [-0.4, -0.2) is 27.1 Å². The van der Waals surface area contributed by atoms with Crippen LogP contribution in [0.1, 0.15) is 5.56 Å². The molecule has 11 heteroatoms. The first-order valence-electron chi connectivity index (χ1n) is 5.17. The lowest BCUT2D eigenvalue weighted by atomic mass is 10.2. The van der Waals surface area contributed by atoms with E-state index < -0.39 is 50.9 Å². The number of alkyl halides is 6. The third-order valence-corrected chi connectivity index (χ3v) is 3.70. The zero-order chi connectivity index (χ0) is 16.5. The molecule has 0 aliphatic heterocycles. The fraction of sp³-hybridized carbons (Fsp3) is 0.400. The Bertz CT molecular complexity index is 608. The minimum Gasteiger partial charge on any atom is -0.398 e. The van der Waals surface area contributed by atoms with Gasteiger partial charge in [0, 0.05) is 0 Å². The second-order valence-corrected chi connectivity index (χ2v) is 5.85. The molecular formula is C10H9F6NO3S. The van der Waals surface area contributed by atoms with E-state index in [1.165, 1.54) is 0 Å². The van der Waals surface area contributed by atoms with Crippen molar-refractivity contribution in [2.75, 3.05) is 18.3 Å². The van der Waals surface area contributed by atoms with Crippen molar-refractivity contribution in [2.45, 2.75) is 17.2 Å². The van der Waals surface area contributed by atoms with Crippen molar-refractivity contribution in [2.24, 2.45) is 0 Å². The minimum atomic E-state index is -4.72. The molecule has 120 valence electrons. The Morgan fingerprint density at radius 1 is 1.10 bits per heavy atom. The first kappa shape index (κ1) is 17.6. The summed E-state index contributed by atoms with van der Waals surface area (Å²) in [6.45, 7) is -1.80. The first-order chi connectivity index (χ1) is 9.33. The number of hydrogen-bond donors (Lipinski definition) is 1. The van der Waals surface area contributed by atoms with Gasteiger partial charge >= 0.3 is 12.4 Å². The number of rotatable bonds is 4. The highest BCUT2D eigenvalue weighted by atomic mass is 32.2. The lowest BCUT2D eigenvalue weighted by Crippen LogP contribution is -2.21. The Labute approximate surface area is 115 Å². The van der Waals surface area contributed by atoms with Crippen molar-refractivity contribution in [3.8, 4) is 0 Å². The molecular weight excluding hydrogens is 328 g/mol. The summed E-state index contributed by atoms with van der Waals surface area (Å²) in [5.74, 6) is -1.35. The molecule has 0 atom stereocenters.